The molecule has 1 aliphatic rings. The van der Waals surface area contributed by atoms with Crippen molar-refractivity contribution in [2.45, 2.75) is 38.6 Å². The lowest BCUT2D eigenvalue weighted by atomic mass is 9.98. The number of aryl methyl sites for hydroxylation is 1. The van der Waals surface area contributed by atoms with Crippen molar-refractivity contribution in [2.75, 3.05) is 14.1 Å². The van der Waals surface area contributed by atoms with Crippen molar-refractivity contribution in [3.05, 3.63) is 34.9 Å². The summed E-state index contributed by atoms with van der Waals surface area (Å²) in [7, 11) is 4.35. The molecule has 0 aromatic heterocycles. The molecule has 1 aromatic rings. The van der Waals surface area contributed by atoms with Gasteiger partial charge >= 0.3 is 0 Å². The SMILES string of the molecule is CC(C)c1ccc2c(c1)CCC2N(C)C. The van der Waals surface area contributed by atoms with Crippen molar-refractivity contribution < 1.29 is 0 Å². The standard InChI is InChI=1S/C14H21N/c1-10(2)11-5-7-13-12(9-11)6-8-14(13)15(3)4/h5,7,9-10,14H,6,8H2,1-4H3. The third-order valence-electron chi connectivity index (χ3n) is 3.50. The lowest BCUT2D eigenvalue weighted by molar-refractivity contribution is 0.299. The first-order valence-corrected chi connectivity index (χ1v) is 5.88. The summed E-state index contributed by atoms with van der Waals surface area (Å²) in [5, 5.41) is 0. The van der Waals surface area contributed by atoms with Crippen LogP contribution >= 0.6 is 0 Å². The van der Waals surface area contributed by atoms with E-state index in [2.05, 4.69) is 51.0 Å². The van der Waals surface area contributed by atoms with E-state index in [-0.39, 0.29) is 0 Å². The molecular formula is C14H21N. The van der Waals surface area contributed by atoms with Gasteiger partial charge in [0.05, 0.1) is 0 Å². The number of rotatable bonds is 2. The monoisotopic (exact) mass is 203 g/mol. The Hall–Kier alpha value is -0.820. The maximum absolute atomic E-state index is 2.41. The van der Waals surface area contributed by atoms with Crippen LogP contribution in [0.2, 0.25) is 0 Å². The van der Waals surface area contributed by atoms with Gasteiger partial charge in [-0.2, -0.15) is 0 Å². The van der Waals surface area contributed by atoms with Crippen LogP contribution in [0.4, 0.5) is 0 Å². The van der Waals surface area contributed by atoms with Gasteiger partial charge in [0.1, 0.15) is 0 Å². The fourth-order valence-corrected chi connectivity index (χ4v) is 2.51. The minimum atomic E-state index is 0.640. The molecule has 1 heteroatoms. The fourth-order valence-electron chi connectivity index (χ4n) is 2.51. The smallest absolute Gasteiger partial charge is 0.0347 e. The number of nitrogens with zero attached hydrogens (tertiary/aromatic N) is 1. The van der Waals surface area contributed by atoms with E-state index in [0.29, 0.717) is 12.0 Å². The molecule has 0 saturated heterocycles. The molecule has 0 amide bonds. The Morgan fingerprint density at radius 2 is 2.00 bits per heavy atom. The highest BCUT2D eigenvalue weighted by molar-refractivity contribution is 5.38. The first kappa shape index (κ1) is 10.7. The zero-order chi connectivity index (χ0) is 11.0. The molecule has 0 fully saturated rings. The summed E-state index contributed by atoms with van der Waals surface area (Å²) in [6.07, 6.45) is 2.53. The molecule has 1 aromatic carbocycles. The van der Waals surface area contributed by atoms with Gasteiger partial charge in [-0.05, 0) is 49.5 Å². The Bertz CT molecular complexity index is 352. The maximum atomic E-state index is 2.41. The van der Waals surface area contributed by atoms with Crippen LogP contribution in [-0.4, -0.2) is 19.0 Å². The molecule has 0 N–H and O–H groups in total. The molecule has 82 valence electrons. The summed E-state index contributed by atoms with van der Waals surface area (Å²) in [5.41, 5.74) is 4.59. The molecule has 0 saturated carbocycles. The average molecular weight is 203 g/mol. The Kier molecular flexibility index (Phi) is 2.83. The second-order valence-electron chi connectivity index (χ2n) is 5.13. The summed E-state index contributed by atoms with van der Waals surface area (Å²) in [6, 6.07) is 7.68. The quantitative estimate of drug-likeness (QED) is 0.712. The Morgan fingerprint density at radius 1 is 1.27 bits per heavy atom. The number of hydrogen-bond acceptors (Lipinski definition) is 1. The van der Waals surface area contributed by atoms with Gasteiger partial charge in [0.2, 0.25) is 0 Å². The van der Waals surface area contributed by atoms with Crippen LogP contribution in [0.3, 0.4) is 0 Å². The highest BCUT2D eigenvalue weighted by Crippen LogP contribution is 2.35. The zero-order valence-electron chi connectivity index (χ0n) is 10.2. The number of fused-ring (bicyclic) bond motifs is 1. The lowest BCUT2D eigenvalue weighted by Gasteiger charge is -2.20. The van der Waals surface area contributed by atoms with E-state index in [1.54, 1.807) is 11.1 Å². The highest BCUT2D eigenvalue weighted by Gasteiger charge is 2.24. The number of hydrogen-bond donors (Lipinski definition) is 0. The fraction of sp³-hybridized carbons (Fsp3) is 0.571. The molecule has 15 heavy (non-hydrogen) atoms. The second kappa shape index (κ2) is 3.97. The van der Waals surface area contributed by atoms with E-state index >= 15 is 0 Å². The van der Waals surface area contributed by atoms with Crippen LogP contribution in [0.25, 0.3) is 0 Å². The lowest BCUT2D eigenvalue weighted by Crippen LogP contribution is -2.17. The van der Waals surface area contributed by atoms with Crippen molar-refractivity contribution >= 4 is 0 Å². The van der Waals surface area contributed by atoms with Crippen LogP contribution in [0.15, 0.2) is 18.2 Å². The summed E-state index contributed by atoms with van der Waals surface area (Å²) in [5.74, 6) is 0.647. The van der Waals surface area contributed by atoms with Crippen molar-refractivity contribution in [1.82, 2.24) is 4.90 Å². The molecular weight excluding hydrogens is 182 g/mol. The molecule has 0 bridgehead atoms. The zero-order valence-corrected chi connectivity index (χ0v) is 10.2. The first-order chi connectivity index (χ1) is 7.09. The van der Waals surface area contributed by atoms with Gasteiger partial charge in [-0.25, -0.2) is 0 Å². The van der Waals surface area contributed by atoms with Crippen molar-refractivity contribution in [3.8, 4) is 0 Å². The maximum Gasteiger partial charge on any atom is 0.0347 e. The molecule has 0 radical (unpaired) electrons. The summed E-state index contributed by atoms with van der Waals surface area (Å²) >= 11 is 0. The van der Waals surface area contributed by atoms with Gasteiger partial charge in [-0.1, -0.05) is 32.0 Å². The summed E-state index contributed by atoms with van der Waals surface area (Å²) in [4.78, 5) is 2.33. The average Bonchev–Trinajstić information content (AvgIpc) is 2.59. The molecule has 2 rings (SSSR count). The molecule has 0 aliphatic heterocycles. The van der Waals surface area contributed by atoms with Gasteiger partial charge in [-0.15, -0.1) is 0 Å². The minimum absolute atomic E-state index is 0.640. The van der Waals surface area contributed by atoms with Gasteiger partial charge in [-0.3, -0.25) is 0 Å². The van der Waals surface area contributed by atoms with Crippen LogP contribution in [-0.2, 0) is 6.42 Å². The molecule has 1 aliphatic carbocycles. The Labute approximate surface area is 93.1 Å². The van der Waals surface area contributed by atoms with Crippen molar-refractivity contribution in [1.29, 1.82) is 0 Å². The normalized spacial score (nSPS) is 20.0. The topological polar surface area (TPSA) is 3.24 Å². The van der Waals surface area contributed by atoms with E-state index in [1.807, 2.05) is 0 Å². The van der Waals surface area contributed by atoms with Crippen molar-refractivity contribution in [2.24, 2.45) is 0 Å². The van der Waals surface area contributed by atoms with E-state index in [9.17, 15) is 0 Å². The third kappa shape index (κ3) is 1.93. The Morgan fingerprint density at radius 3 is 2.60 bits per heavy atom. The highest BCUT2D eigenvalue weighted by atomic mass is 15.1. The van der Waals surface area contributed by atoms with Gasteiger partial charge in [0.25, 0.3) is 0 Å². The van der Waals surface area contributed by atoms with Gasteiger partial charge in [0.15, 0.2) is 0 Å². The predicted molar refractivity (Wildman–Crippen MR) is 65.3 cm³/mol. The third-order valence-corrected chi connectivity index (χ3v) is 3.50. The van der Waals surface area contributed by atoms with E-state index in [4.69, 9.17) is 0 Å². The molecule has 1 nitrogen and oxygen atoms in total. The van der Waals surface area contributed by atoms with Crippen LogP contribution in [0.5, 0.6) is 0 Å². The summed E-state index contributed by atoms with van der Waals surface area (Å²) < 4.78 is 0. The van der Waals surface area contributed by atoms with E-state index < -0.39 is 0 Å². The van der Waals surface area contributed by atoms with Crippen molar-refractivity contribution in [3.63, 3.8) is 0 Å². The molecule has 0 spiro atoms. The largest absolute Gasteiger partial charge is 0.302 e. The molecule has 0 heterocycles. The first-order valence-electron chi connectivity index (χ1n) is 5.88. The minimum Gasteiger partial charge on any atom is -0.302 e. The Balaban J connectivity index is 2.33. The molecule has 1 unspecified atom stereocenters. The molecule has 1 atom stereocenters. The predicted octanol–water partition coefficient (Wildman–Crippen LogP) is 3.36. The van der Waals surface area contributed by atoms with Crippen LogP contribution in [0.1, 0.15) is 48.9 Å². The van der Waals surface area contributed by atoms with E-state index in [0.717, 1.165) is 0 Å². The van der Waals surface area contributed by atoms with E-state index in [1.165, 1.54) is 18.4 Å². The van der Waals surface area contributed by atoms with Gasteiger partial charge < -0.3 is 4.90 Å². The van der Waals surface area contributed by atoms with Gasteiger partial charge in [0, 0.05) is 6.04 Å². The van der Waals surface area contributed by atoms with Crippen LogP contribution in [0, 0.1) is 0 Å². The number of benzene rings is 1. The van der Waals surface area contributed by atoms with Crippen LogP contribution < -0.4 is 0 Å². The summed E-state index contributed by atoms with van der Waals surface area (Å²) in [6.45, 7) is 4.53. The second-order valence-corrected chi connectivity index (χ2v) is 5.13.